The fraction of sp³-hybridized carbons (Fsp3) is 0.290. The van der Waals surface area contributed by atoms with Crippen LogP contribution in [0.4, 0.5) is 0 Å². The summed E-state index contributed by atoms with van der Waals surface area (Å²) < 4.78 is 28.4. The number of carbonyl (C=O) groups excluding carboxylic acids is 1. The SMILES string of the molecule is COc1cc2c(cc1OC)C(COc1cc(=O)oc3ccccc13)N(C(=O)c1ccc(OC(C)C)cc1)CC2. The van der Waals surface area contributed by atoms with E-state index in [0.29, 0.717) is 52.5 Å². The van der Waals surface area contributed by atoms with Gasteiger partial charge in [0.15, 0.2) is 11.5 Å². The van der Waals surface area contributed by atoms with E-state index in [1.165, 1.54) is 6.07 Å². The third-order valence-electron chi connectivity index (χ3n) is 6.75. The number of rotatable bonds is 8. The Balaban J connectivity index is 1.51. The zero-order chi connectivity index (χ0) is 27.5. The molecule has 39 heavy (non-hydrogen) atoms. The van der Waals surface area contributed by atoms with Crippen molar-refractivity contribution in [2.24, 2.45) is 0 Å². The van der Waals surface area contributed by atoms with Gasteiger partial charge in [0.25, 0.3) is 5.91 Å². The molecular formula is C31H31NO7. The standard InChI is InChI=1S/C31H31NO7/c1-19(2)38-22-11-9-20(10-12-22)31(34)32-14-13-21-15-28(35-3)29(36-4)16-24(21)25(32)18-37-27-17-30(33)39-26-8-6-5-7-23(26)27/h5-12,15-17,19,25H,13-14,18H2,1-4H3. The lowest BCUT2D eigenvalue weighted by Crippen LogP contribution is -2.42. The summed E-state index contributed by atoms with van der Waals surface area (Å²) in [5.74, 6) is 2.17. The number of amides is 1. The van der Waals surface area contributed by atoms with Crippen molar-refractivity contribution < 1.29 is 28.2 Å². The molecule has 0 saturated heterocycles. The maximum Gasteiger partial charge on any atom is 0.339 e. The first-order valence-corrected chi connectivity index (χ1v) is 12.9. The molecule has 3 aromatic carbocycles. The second-order valence-corrected chi connectivity index (χ2v) is 9.60. The zero-order valence-corrected chi connectivity index (χ0v) is 22.4. The van der Waals surface area contributed by atoms with Crippen molar-refractivity contribution in [3.63, 3.8) is 0 Å². The van der Waals surface area contributed by atoms with Crippen LogP contribution in [-0.2, 0) is 6.42 Å². The summed E-state index contributed by atoms with van der Waals surface area (Å²) in [5.41, 5.74) is 2.43. The van der Waals surface area contributed by atoms with Gasteiger partial charge in [-0.3, -0.25) is 4.79 Å². The molecule has 2 heterocycles. The number of nitrogens with zero attached hydrogens (tertiary/aromatic N) is 1. The van der Waals surface area contributed by atoms with Gasteiger partial charge in [-0.05, 0) is 79.9 Å². The van der Waals surface area contributed by atoms with E-state index in [-0.39, 0.29) is 18.6 Å². The lowest BCUT2D eigenvalue weighted by atomic mass is 9.91. The van der Waals surface area contributed by atoms with Crippen LogP contribution in [0.3, 0.4) is 0 Å². The molecule has 5 rings (SSSR count). The van der Waals surface area contributed by atoms with E-state index in [9.17, 15) is 9.59 Å². The van der Waals surface area contributed by atoms with Crippen molar-refractivity contribution in [2.75, 3.05) is 27.4 Å². The average Bonchev–Trinajstić information content (AvgIpc) is 2.94. The number of benzene rings is 3. The summed E-state index contributed by atoms with van der Waals surface area (Å²) in [6.07, 6.45) is 0.680. The summed E-state index contributed by atoms with van der Waals surface area (Å²) in [7, 11) is 3.18. The third-order valence-corrected chi connectivity index (χ3v) is 6.75. The van der Waals surface area contributed by atoms with Crippen LogP contribution in [-0.4, -0.2) is 44.3 Å². The number of methoxy groups -OCH3 is 2. The lowest BCUT2D eigenvalue weighted by molar-refractivity contribution is 0.0590. The third kappa shape index (κ3) is 5.41. The lowest BCUT2D eigenvalue weighted by Gasteiger charge is -2.37. The molecule has 202 valence electrons. The van der Waals surface area contributed by atoms with Crippen molar-refractivity contribution in [1.82, 2.24) is 4.90 Å². The van der Waals surface area contributed by atoms with Gasteiger partial charge in [0.2, 0.25) is 0 Å². The largest absolute Gasteiger partial charge is 0.493 e. The number of carbonyl (C=O) groups is 1. The average molecular weight is 530 g/mol. The Hall–Kier alpha value is -4.46. The Bertz CT molecular complexity index is 1540. The Morgan fingerprint density at radius 2 is 1.69 bits per heavy atom. The monoisotopic (exact) mass is 529 g/mol. The zero-order valence-electron chi connectivity index (χ0n) is 22.4. The van der Waals surface area contributed by atoms with E-state index in [1.54, 1.807) is 55.5 Å². The molecule has 0 fully saturated rings. The molecule has 0 aliphatic carbocycles. The molecule has 8 heteroatoms. The normalized spacial score (nSPS) is 14.7. The molecule has 1 aliphatic heterocycles. The fourth-order valence-corrected chi connectivity index (χ4v) is 4.94. The molecule has 1 unspecified atom stereocenters. The Morgan fingerprint density at radius 3 is 2.41 bits per heavy atom. The summed E-state index contributed by atoms with van der Waals surface area (Å²) in [6.45, 7) is 4.52. The molecule has 1 amide bonds. The van der Waals surface area contributed by atoms with E-state index in [2.05, 4.69) is 0 Å². The number of hydrogen-bond donors (Lipinski definition) is 0. The quantitative estimate of drug-likeness (QED) is 0.282. The van der Waals surface area contributed by atoms with Crippen LogP contribution >= 0.6 is 0 Å². The predicted molar refractivity (Wildman–Crippen MR) is 147 cm³/mol. The summed E-state index contributed by atoms with van der Waals surface area (Å²) in [6, 6.07) is 19.1. The summed E-state index contributed by atoms with van der Waals surface area (Å²) in [4.78, 5) is 27.8. The maximum atomic E-state index is 13.8. The molecule has 8 nitrogen and oxygen atoms in total. The molecule has 0 radical (unpaired) electrons. The van der Waals surface area contributed by atoms with Gasteiger partial charge in [-0.15, -0.1) is 0 Å². The van der Waals surface area contributed by atoms with Gasteiger partial charge in [-0.25, -0.2) is 4.79 Å². The van der Waals surface area contributed by atoms with Crippen LogP contribution in [0.1, 0.15) is 41.4 Å². The molecule has 1 atom stereocenters. The van der Waals surface area contributed by atoms with Gasteiger partial charge in [0, 0.05) is 12.1 Å². The van der Waals surface area contributed by atoms with E-state index >= 15 is 0 Å². The molecule has 1 aliphatic rings. The predicted octanol–water partition coefficient (Wildman–Crippen LogP) is 5.42. The molecular weight excluding hydrogens is 498 g/mol. The molecule has 0 bridgehead atoms. The van der Waals surface area contributed by atoms with Gasteiger partial charge in [-0.1, -0.05) is 12.1 Å². The summed E-state index contributed by atoms with van der Waals surface area (Å²) >= 11 is 0. The van der Waals surface area contributed by atoms with Crippen molar-refractivity contribution in [1.29, 1.82) is 0 Å². The van der Waals surface area contributed by atoms with Crippen molar-refractivity contribution in [3.05, 3.63) is 93.8 Å². The Labute approximate surface area is 226 Å². The number of hydrogen-bond acceptors (Lipinski definition) is 7. The Morgan fingerprint density at radius 1 is 0.974 bits per heavy atom. The van der Waals surface area contributed by atoms with E-state index in [4.69, 9.17) is 23.4 Å². The highest BCUT2D eigenvalue weighted by Crippen LogP contribution is 2.39. The number of fused-ring (bicyclic) bond motifs is 2. The van der Waals surface area contributed by atoms with Crippen LogP contribution in [0.5, 0.6) is 23.0 Å². The minimum Gasteiger partial charge on any atom is -0.493 e. The van der Waals surface area contributed by atoms with Gasteiger partial charge in [0.1, 0.15) is 23.7 Å². The van der Waals surface area contributed by atoms with E-state index < -0.39 is 11.7 Å². The van der Waals surface area contributed by atoms with Crippen LogP contribution in [0.2, 0.25) is 0 Å². The minimum atomic E-state index is -0.504. The van der Waals surface area contributed by atoms with Gasteiger partial charge < -0.3 is 28.3 Å². The molecule has 0 saturated carbocycles. The van der Waals surface area contributed by atoms with E-state index in [0.717, 1.165) is 11.1 Å². The number of para-hydroxylation sites is 1. The van der Waals surface area contributed by atoms with Gasteiger partial charge in [-0.2, -0.15) is 0 Å². The first kappa shape index (κ1) is 26.2. The van der Waals surface area contributed by atoms with Gasteiger partial charge in [0.05, 0.1) is 37.8 Å². The molecule has 1 aromatic heterocycles. The second kappa shape index (κ2) is 11.1. The smallest absolute Gasteiger partial charge is 0.339 e. The highest BCUT2D eigenvalue weighted by Gasteiger charge is 2.33. The van der Waals surface area contributed by atoms with Crippen LogP contribution in [0, 0.1) is 0 Å². The highest BCUT2D eigenvalue weighted by atomic mass is 16.5. The maximum absolute atomic E-state index is 13.8. The second-order valence-electron chi connectivity index (χ2n) is 9.60. The first-order chi connectivity index (χ1) is 18.9. The van der Waals surface area contributed by atoms with Crippen LogP contribution in [0.25, 0.3) is 11.0 Å². The molecule has 0 N–H and O–H groups in total. The minimum absolute atomic E-state index is 0.0372. The highest BCUT2D eigenvalue weighted by molar-refractivity contribution is 5.95. The van der Waals surface area contributed by atoms with Crippen molar-refractivity contribution in [2.45, 2.75) is 32.4 Å². The molecule has 0 spiro atoms. The molecule has 4 aromatic rings. The summed E-state index contributed by atoms with van der Waals surface area (Å²) in [5, 5.41) is 0.680. The number of ether oxygens (including phenoxy) is 4. The topological polar surface area (TPSA) is 87.4 Å². The fourth-order valence-electron chi connectivity index (χ4n) is 4.94. The Kier molecular flexibility index (Phi) is 7.45. The first-order valence-electron chi connectivity index (χ1n) is 12.9. The van der Waals surface area contributed by atoms with E-state index in [1.807, 2.05) is 38.1 Å². The van der Waals surface area contributed by atoms with Crippen molar-refractivity contribution in [3.8, 4) is 23.0 Å². The van der Waals surface area contributed by atoms with Crippen LogP contribution in [0.15, 0.2) is 75.9 Å². The van der Waals surface area contributed by atoms with Gasteiger partial charge >= 0.3 is 5.63 Å². The van der Waals surface area contributed by atoms with Crippen LogP contribution < -0.4 is 24.6 Å². The van der Waals surface area contributed by atoms with Crippen molar-refractivity contribution >= 4 is 16.9 Å².